The van der Waals surface area contributed by atoms with E-state index in [1.54, 1.807) is 36.4 Å². The number of hydrogen-bond donors (Lipinski definition) is 0. The first-order valence-electron chi connectivity index (χ1n) is 13.7. The van der Waals surface area contributed by atoms with Gasteiger partial charge in [0.25, 0.3) is 17.8 Å². The van der Waals surface area contributed by atoms with Crippen LogP contribution < -0.4 is 0 Å². The maximum atomic E-state index is 13.9. The van der Waals surface area contributed by atoms with Crippen LogP contribution in [0, 0.1) is 18.2 Å². The monoisotopic (exact) mass is 799 g/mol. The van der Waals surface area contributed by atoms with Gasteiger partial charge in [0.15, 0.2) is 0 Å². The van der Waals surface area contributed by atoms with Gasteiger partial charge in [-0.05, 0) is 35.3 Å². The van der Waals surface area contributed by atoms with Crippen molar-refractivity contribution >= 4 is 0 Å². The van der Waals surface area contributed by atoms with Crippen LogP contribution in [0.3, 0.4) is 0 Å². The number of rotatable bonds is 0. The van der Waals surface area contributed by atoms with Crippen molar-refractivity contribution in [1.82, 2.24) is 15.0 Å². The molecule has 0 amide bonds. The Morgan fingerprint density at radius 2 is 0.652 bits per heavy atom. The standard InChI is InChI=1S/3C12H6F2N.Ir/c3*13-12(14)9-5-2-1-4-8(9)11-10(12)6-3-7-15-11;/h3*1-3,5-7H;/q3*-1;+3. The Kier molecular flexibility index (Phi) is 7.90. The van der Waals surface area contributed by atoms with Gasteiger partial charge in [-0.25, -0.2) is 26.3 Å². The normalized spacial score (nSPS) is 15.5. The molecule has 3 aliphatic rings. The molecule has 46 heavy (non-hydrogen) atoms. The second kappa shape index (κ2) is 11.6. The van der Waals surface area contributed by atoms with E-state index < -0.39 is 17.8 Å². The van der Waals surface area contributed by atoms with Crippen LogP contribution in [0.1, 0.15) is 33.4 Å². The molecular formula is C36H18F6IrN3. The van der Waals surface area contributed by atoms with Crippen molar-refractivity contribution in [2.24, 2.45) is 0 Å². The van der Waals surface area contributed by atoms with Crippen molar-refractivity contribution in [3.8, 4) is 33.8 Å². The molecule has 0 unspecified atom stereocenters. The number of fused-ring (bicyclic) bond motifs is 9. The van der Waals surface area contributed by atoms with Gasteiger partial charge in [-0.15, -0.1) is 89.5 Å². The molecule has 3 aromatic carbocycles. The van der Waals surface area contributed by atoms with Gasteiger partial charge in [-0.2, -0.15) is 0 Å². The molecule has 0 N–H and O–H groups in total. The predicted octanol–water partition coefficient (Wildman–Crippen LogP) is 9.00. The summed E-state index contributed by atoms with van der Waals surface area (Å²) >= 11 is 0. The third-order valence-electron chi connectivity index (χ3n) is 7.73. The van der Waals surface area contributed by atoms with Crippen LogP contribution in [0.15, 0.2) is 110 Å². The summed E-state index contributed by atoms with van der Waals surface area (Å²) in [6.45, 7) is 0. The molecule has 3 nitrogen and oxygen atoms in total. The second-order valence-electron chi connectivity index (χ2n) is 10.3. The number of nitrogens with zero attached hydrogens (tertiary/aromatic N) is 3. The van der Waals surface area contributed by atoms with E-state index in [0.29, 0.717) is 33.8 Å². The van der Waals surface area contributed by atoms with Crippen molar-refractivity contribution in [3.63, 3.8) is 0 Å². The maximum absolute atomic E-state index is 13.9. The Morgan fingerprint density at radius 1 is 0.391 bits per heavy atom. The minimum Gasteiger partial charge on any atom is -0.304 e. The van der Waals surface area contributed by atoms with E-state index in [0.717, 1.165) is 0 Å². The Hall–Kier alpha value is -4.66. The first kappa shape index (κ1) is 31.3. The molecule has 6 aromatic rings. The van der Waals surface area contributed by atoms with Gasteiger partial charge in [0.2, 0.25) is 0 Å². The minimum absolute atomic E-state index is 0. The van der Waals surface area contributed by atoms with Crippen molar-refractivity contribution in [3.05, 3.63) is 161 Å². The topological polar surface area (TPSA) is 38.7 Å². The van der Waals surface area contributed by atoms with Gasteiger partial charge >= 0.3 is 20.1 Å². The van der Waals surface area contributed by atoms with Gasteiger partial charge in [0, 0.05) is 35.3 Å². The summed E-state index contributed by atoms with van der Waals surface area (Å²) in [5, 5.41) is 0. The predicted molar refractivity (Wildman–Crippen MR) is 155 cm³/mol. The van der Waals surface area contributed by atoms with Crippen molar-refractivity contribution in [1.29, 1.82) is 0 Å². The third kappa shape index (κ3) is 4.84. The fraction of sp³-hybridized carbons (Fsp3) is 0.0833. The molecule has 0 spiro atoms. The molecule has 3 heterocycles. The molecule has 0 fully saturated rings. The van der Waals surface area contributed by atoms with Gasteiger partial charge in [-0.3, -0.25) is 0 Å². The van der Waals surface area contributed by atoms with E-state index in [1.807, 2.05) is 0 Å². The molecule has 228 valence electrons. The molecule has 10 heteroatoms. The van der Waals surface area contributed by atoms with Crippen molar-refractivity contribution < 1.29 is 46.4 Å². The zero-order valence-electron chi connectivity index (χ0n) is 23.3. The Balaban J connectivity index is 0.000000120. The zero-order chi connectivity index (χ0) is 31.4. The van der Waals surface area contributed by atoms with Gasteiger partial charge < -0.3 is 15.0 Å². The average Bonchev–Trinajstić information content (AvgIpc) is 3.56. The summed E-state index contributed by atoms with van der Waals surface area (Å²) in [4.78, 5) is 12.0. The van der Waals surface area contributed by atoms with Crippen LogP contribution in [0.25, 0.3) is 33.8 Å². The van der Waals surface area contributed by atoms with Crippen LogP contribution in [0.4, 0.5) is 26.3 Å². The molecule has 0 aliphatic heterocycles. The number of alkyl halides is 6. The summed E-state index contributed by atoms with van der Waals surface area (Å²) in [5.41, 5.74) is 2.20. The van der Waals surface area contributed by atoms with E-state index in [9.17, 15) is 26.3 Å². The Labute approximate surface area is 273 Å². The Morgan fingerprint density at radius 3 is 0.935 bits per heavy atom. The molecule has 0 saturated heterocycles. The molecule has 0 radical (unpaired) electrons. The van der Waals surface area contributed by atoms with Crippen LogP contribution in [0.5, 0.6) is 0 Å². The fourth-order valence-electron chi connectivity index (χ4n) is 5.69. The summed E-state index contributed by atoms with van der Waals surface area (Å²) in [5.74, 6) is -8.80. The molecule has 0 bridgehead atoms. The van der Waals surface area contributed by atoms with Gasteiger partial charge in [0.1, 0.15) is 0 Å². The molecule has 3 aromatic heterocycles. The van der Waals surface area contributed by atoms with Crippen molar-refractivity contribution in [2.45, 2.75) is 17.8 Å². The molecule has 0 saturated carbocycles. The fourth-order valence-corrected chi connectivity index (χ4v) is 5.69. The number of hydrogen-bond acceptors (Lipinski definition) is 3. The van der Waals surface area contributed by atoms with Gasteiger partial charge in [-0.1, -0.05) is 34.9 Å². The number of aromatic nitrogens is 3. The first-order chi connectivity index (χ1) is 21.6. The van der Waals surface area contributed by atoms with Crippen LogP contribution in [-0.2, 0) is 37.9 Å². The average molecular weight is 799 g/mol. The van der Waals surface area contributed by atoms with E-state index >= 15 is 0 Å². The number of benzene rings is 3. The van der Waals surface area contributed by atoms with E-state index in [2.05, 4.69) is 33.2 Å². The van der Waals surface area contributed by atoms with Crippen LogP contribution in [-0.4, -0.2) is 15.0 Å². The quantitative estimate of drug-likeness (QED) is 0.114. The Bertz CT molecular complexity index is 1700. The second-order valence-corrected chi connectivity index (χ2v) is 10.3. The molecular weight excluding hydrogens is 781 g/mol. The number of pyridine rings is 3. The SMILES string of the molecule is FC1(F)c2ccc[c-]c2-c2ncccc21.FC1(F)c2ccc[c-]c2-c2ncccc21.FC1(F)c2ccc[c-]c2-c2ncccc21.[Ir+3]. The maximum Gasteiger partial charge on any atom is 3.00 e. The molecule has 9 rings (SSSR count). The van der Waals surface area contributed by atoms with E-state index in [1.165, 1.54) is 73.2 Å². The van der Waals surface area contributed by atoms with E-state index in [-0.39, 0.29) is 53.5 Å². The summed E-state index contributed by atoms with van der Waals surface area (Å²) in [7, 11) is 0. The van der Waals surface area contributed by atoms with Crippen LogP contribution >= 0.6 is 0 Å². The smallest absolute Gasteiger partial charge is 0.304 e. The van der Waals surface area contributed by atoms with E-state index in [4.69, 9.17) is 0 Å². The summed E-state index contributed by atoms with van der Waals surface area (Å²) in [6, 6.07) is 31.1. The minimum atomic E-state index is -2.93. The summed E-state index contributed by atoms with van der Waals surface area (Å²) in [6.07, 6.45) is 4.56. The van der Waals surface area contributed by atoms with Crippen LogP contribution in [0.2, 0.25) is 0 Å². The molecule has 3 aliphatic carbocycles. The zero-order valence-corrected chi connectivity index (χ0v) is 25.7. The largest absolute Gasteiger partial charge is 3.00 e. The van der Waals surface area contributed by atoms with Gasteiger partial charge in [0.05, 0.1) is 0 Å². The molecule has 0 atom stereocenters. The first-order valence-corrected chi connectivity index (χ1v) is 13.7. The third-order valence-corrected chi connectivity index (χ3v) is 7.73. The summed E-state index contributed by atoms with van der Waals surface area (Å²) < 4.78 is 83.2. The number of halogens is 6. The van der Waals surface area contributed by atoms with Crippen molar-refractivity contribution in [2.75, 3.05) is 0 Å².